The Kier molecular flexibility index (Phi) is 38.8. The molecule has 40 heavy (non-hydrogen) atoms. The molecule has 0 aliphatic carbocycles. The van der Waals surface area contributed by atoms with Gasteiger partial charge in [0.1, 0.15) is 5.94 Å². The van der Waals surface area contributed by atoms with Crippen LogP contribution in [0.5, 0.6) is 0 Å². The molecule has 1 heterocycles. The number of allylic oxidation sites excluding steroid dienone is 1. The van der Waals surface area contributed by atoms with Gasteiger partial charge in [-0.1, -0.05) is 75.2 Å². The Labute approximate surface area is 250 Å². The van der Waals surface area contributed by atoms with Crippen LogP contribution in [0.15, 0.2) is 64.2 Å². The number of likely N-dealkylation sites (N-methyl/N-ethyl adjacent to an activating group) is 1. The number of hydrogen-bond donors (Lipinski definition) is 0. The molecule has 0 saturated carbocycles. The number of benzene rings is 1. The normalized spacial score (nSPS) is 13.5. The lowest BCUT2D eigenvalue weighted by Crippen LogP contribution is -2.32. The predicted octanol–water partition coefficient (Wildman–Crippen LogP) is 7.26. The van der Waals surface area contributed by atoms with Gasteiger partial charge in [-0.25, -0.2) is 0 Å². The first kappa shape index (κ1) is 42.2. The third kappa shape index (κ3) is 35.7. The molecule has 0 amide bonds. The largest absolute Gasteiger partial charge is 0.470 e. The summed E-state index contributed by atoms with van der Waals surface area (Å²) < 4.78 is 15.5. The Balaban J connectivity index is -0.000000491. The van der Waals surface area contributed by atoms with Gasteiger partial charge in [-0.2, -0.15) is 0 Å². The zero-order valence-electron chi connectivity index (χ0n) is 26.7. The number of aryl methyl sites for hydroxylation is 1. The van der Waals surface area contributed by atoms with Gasteiger partial charge in [-0.15, -0.1) is 11.8 Å². The van der Waals surface area contributed by atoms with Crippen molar-refractivity contribution in [3.05, 3.63) is 59.8 Å². The number of carbonyl (C=O) groups excluding carboxylic acids is 1. The molecular weight excluding hydrogens is 522 g/mol. The maximum Gasteiger partial charge on any atom is 0.181 e. The zero-order chi connectivity index (χ0) is 30.7. The van der Waals surface area contributed by atoms with Gasteiger partial charge >= 0.3 is 0 Å². The SMILES string of the molecule is C/C=C\C(=C/N=CC=O)CN=C(C)OCSC.CC.CCCCOCC.CN1CCOCC1.Cc1ccccc1. The van der Waals surface area contributed by atoms with Crippen molar-refractivity contribution >= 4 is 30.2 Å². The fraction of sp³-hybridized carbons (Fsp3) is 0.594. The van der Waals surface area contributed by atoms with Crippen LogP contribution in [0.25, 0.3) is 0 Å². The zero-order valence-corrected chi connectivity index (χ0v) is 27.5. The molecular formula is C32H57N3O4S. The van der Waals surface area contributed by atoms with Crippen LogP contribution in [0, 0.1) is 6.92 Å². The van der Waals surface area contributed by atoms with E-state index in [1.807, 2.05) is 71.2 Å². The van der Waals surface area contributed by atoms with E-state index in [1.54, 1.807) is 18.0 Å². The highest BCUT2D eigenvalue weighted by Gasteiger charge is 2.02. The van der Waals surface area contributed by atoms with Crippen LogP contribution in [-0.4, -0.2) is 88.6 Å². The first-order valence-electron chi connectivity index (χ1n) is 14.2. The van der Waals surface area contributed by atoms with E-state index >= 15 is 0 Å². The van der Waals surface area contributed by atoms with Crippen molar-refractivity contribution in [2.75, 3.05) is 65.3 Å². The van der Waals surface area contributed by atoms with Crippen LogP contribution >= 0.6 is 11.8 Å². The summed E-state index contributed by atoms with van der Waals surface area (Å²) in [4.78, 5) is 20.4. The minimum Gasteiger partial charge on any atom is -0.470 e. The Morgan fingerprint density at radius 2 is 1.80 bits per heavy atom. The molecule has 7 nitrogen and oxygen atoms in total. The molecule has 1 aliphatic rings. The van der Waals surface area contributed by atoms with E-state index in [9.17, 15) is 4.79 Å². The summed E-state index contributed by atoms with van der Waals surface area (Å²) in [7, 11) is 2.11. The molecule has 0 spiro atoms. The minimum atomic E-state index is 0.487. The molecule has 230 valence electrons. The average molecular weight is 580 g/mol. The molecule has 0 unspecified atom stereocenters. The quantitative estimate of drug-likeness (QED) is 0.0686. The van der Waals surface area contributed by atoms with Crippen LogP contribution in [0.2, 0.25) is 0 Å². The lowest BCUT2D eigenvalue weighted by Gasteiger charge is -2.21. The highest BCUT2D eigenvalue weighted by molar-refractivity contribution is 7.98. The summed E-state index contributed by atoms with van der Waals surface area (Å²) in [5, 5.41) is 0. The van der Waals surface area contributed by atoms with Gasteiger partial charge in [0.2, 0.25) is 0 Å². The van der Waals surface area contributed by atoms with Gasteiger partial charge in [-0.05, 0) is 46.1 Å². The number of aldehydes is 1. The van der Waals surface area contributed by atoms with Crippen molar-refractivity contribution in [3.8, 4) is 0 Å². The second-order valence-corrected chi connectivity index (χ2v) is 8.96. The first-order chi connectivity index (χ1) is 19.4. The summed E-state index contributed by atoms with van der Waals surface area (Å²) in [6, 6.07) is 10.3. The maximum atomic E-state index is 10.1. The van der Waals surface area contributed by atoms with E-state index in [-0.39, 0.29) is 0 Å². The monoisotopic (exact) mass is 579 g/mol. The van der Waals surface area contributed by atoms with Gasteiger partial charge in [-0.3, -0.25) is 14.8 Å². The average Bonchev–Trinajstić information content (AvgIpc) is 2.98. The number of carbonyl (C=O) groups is 1. The number of unbranched alkanes of at least 4 members (excludes halogenated alkanes) is 1. The molecule has 1 aromatic carbocycles. The van der Waals surface area contributed by atoms with Gasteiger partial charge in [0.25, 0.3) is 0 Å². The number of hydrogen-bond acceptors (Lipinski definition) is 8. The number of aliphatic imine (C=N–C) groups is 2. The van der Waals surface area contributed by atoms with E-state index < -0.39 is 0 Å². The smallest absolute Gasteiger partial charge is 0.181 e. The fourth-order valence-electron chi connectivity index (χ4n) is 2.50. The summed E-state index contributed by atoms with van der Waals surface area (Å²) >= 11 is 1.60. The molecule has 0 radical (unpaired) electrons. The van der Waals surface area contributed by atoms with Crippen molar-refractivity contribution in [3.63, 3.8) is 0 Å². The number of morpholine rings is 1. The first-order valence-corrected chi connectivity index (χ1v) is 15.6. The Bertz CT molecular complexity index is 759. The predicted molar refractivity (Wildman–Crippen MR) is 177 cm³/mol. The molecule has 0 bridgehead atoms. The third-order valence-electron chi connectivity index (χ3n) is 4.66. The Morgan fingerprint density at radius 1 is 1.15 bits per heavy atom. The molecule has 1 saturated heterocycles. The van der Waals surface area contributed by atoms with Gasteiger partial charge < -0.3 is 19.1 Å². The van der Waals surface area contributed by atoms with Crippen molar-refractivity contribution < 1.29 is 19.0 Å². The third-order valence-corrected chi connectivity index (χ3v) is 5.01. The van der Waals surface area contributed by atoms with Crippen LogP contribution in [0.4, 0.5) is 0 Å². The second kappa shape index (κ2) is 36.7. The molecule has 0 atom stereocenters. The molecule has 0 N–H and O–H groups in total. The standard InChI is InChI=1S/C12H18N2O2S.C7H8.C6H14O.C5H11NO.C2H6/c1-4-5-12(8-13-6-7-15)9-14-11(2)16-10-17-3;1-7-5-3-2-4-6-7;1-3-5-6-7-4-2;1-6-2-4-7-5-3-6;1-2/h4-8H,9-10H2,1-3H3;2-6H,1H3;3-6H2,1-2H3;2-5H2,1H3;1-2H3/b5-4-,12-8+,13-6?,14-11?;;;;. The minimum absolute atomic E-state index is 0.487. The highest BCUT2D eigenvalue weighted by atomic mass is 32.2. The van der Waals surface area contributed by atoms with Gasteiger partial charge in [0, 0.05) is 39.4 Å². The number of ether oxygens (including phenoxy) is 3. The summed E-state index contributed by atoms with van der Waals surface area (Å²) in [5.74, 6) is 1.25. The summed E-state index contributed by atoms with van der Waals surface area (Å²) in [5.41, 5.74) is 2.24. The van der Waals surface area contributed by atoms with E-state index in [2.05, 4.69) is 47.9 Å². The van der Waals surface area contributed by atoms with Crippen LogP contribution in [0.3, 0.4) is 0 Å². The molecule has 8 heteroatoms. The molecule has 1 aliphatic heterocycles. The van der Waals surface area contributed by atoms with Gasteiger partial charge in [0.05, 0.1) is 26.0 Å². The van der Waals surface area contributed by atoms with E-state index in [1.165, 1.54) is 24.6 Å². The van der Waals surface area contributed by atoms with E-state index in [0.717, 1.165) is 45.1 Å². The molecule has 1 fully saturated rings. The number of thioether (sulfide) groups is 1. The fourth-order valence-corrected chi connectivity index (χ4v) is 2.79. The highest BCUT2D eigenvalue weighted by Crippen LogP contribution is 2.01. The van der Waals surface area contributed by atoms with Gasteiger partial charge in [0.15, 0.2) is 12.2 Å². The van der Waals surface area contributed by atoms with Crippen molar-refractivity contribution in [2.45, 2.75) is 61.3 Å². The topological polar surface area (TPSA) is 72.7 Å². The van der Waals surface area contributed by atoms with E-state index in [4.69, 9.17) is 14.2 Å². The summed E-state index contributed by atoms with van der Waals surface area (Å²) in [6.07, 6.45) is 11.6. The molecule has 1 aromatic rings. The van der Waals surface area contributed by atoms with E-state index in [0.29, 0.717) is 24.7 Å². The maximum absolute atomic E-state index is 10.1. The van der Waals surface area contributed by atoms with Crippen LogP contribution < -0.4 is 0 Å². The van der Waals surface area contributed by atoms with Crippen LogP contribution in [-0.2, 0) is 19.0 Å². The second-order valence-electron chi connectivity index (χ2n) is 8.15. The Hall–Kier alpha value is -2.26. The lowest BCUT2D eigenvalue weighted by molar-refractivity contribution is -0.102. The Morgan fingerprint density at radius 3 is 2.23 bits per heavy atom. The molecule has 2 rings (SSSR count). The lowest BCUT2D eigenvalue weighted by atomic mass is 10.2. The molecule has 0 aromatic heterocycles. The van der Waals surface area contributed by atoms with Crippen molar-refractivity contribution in [1.29, 1.82) is 0 Å². The summed E-state index contributed by atoms with van der Waals surface area (Å²) in [6.45, 7) is 20.3. The van der Waals surface area contributed by atoms with Crippen molar-refractivity contribution in [1.82, 2.24) is 4.90 Å². The number of rotatable bonds is 11. The van der Waals surface area contributed by atoms with Crippen LogP contribution in [0.1, 0.15) is 59.9 Å². The number of nitrogens with zero attached hydrogens (tertiary/aromatic N) is 3. The van der Waals surface area contributed by atoms with Crippen molar-refractivity contribution in [2.24, 2.45) is 9.98 Å².